The zero-order chi connectivity index (χ0) is 19.4. The van der Waals surface area contributed by atoms with Gasteiger partial charge in [0, 0.05) is 31.8 Å². The summed E-state index contributed by atoms with van der Waals surface area (Å²) in [5.41, 5.74) is 1.03. The van der Waals surface area contributed by atoms with E-state index in [9.17, 15) is 14.7 Å². The quantitative estimate of drug-likeness (QED) is 0.658. The Hall–Kier alpha value is -3.17. The zero-order valence-electron chi connectivity index (χ0n) is 15.2. The summed E-state index contributed by atoms with van der Waals surface area (Å²) in [6.45, 7) is 0.487. The number of carbonyl (C=O) groups is 2. The van der Waals surface area contributed by atoms with Crippen molar-refractivity contribution in [3.05, 3.63) is 65.0 Å². The smallest absolute Gasteiger partial charge is 0.356 e. The van der Waals surface area contributed by atoms with E-state index in [0.29, 0.717) is 24.9 Å². The summed E-state index contributed by atoms with van der Waals surface area (Å²) in [5.74, 6) is 4.76. The van der Waals surface area contributed by atoms with Gasteiger partial charge in [-0.25, -0.2) is 9.78 Å². The van der Waals surface area contributed by atoms with Crippen molar-refractivity contribution < 1.29 is 19.4 Å². The number of hydrogen-bond donors (Lipinski definition) is 1. The van der Waals surface area contributed by atoms with Gasteiger partial charge in [0.25, 0.3) is 5.91 Å². The van der Waals surface area contributed by atoms with Crippen LogP contribution in [0, 0.1) is 11.8 Å². The molecular formula is C21H20N2O4. The molecule has 138 valence electrons. The van der Waals surface area contributed by atoms with Crippen molar-refractivity contribution in [2.45, 2.75) is 18.4 Å². The van der Waals surface area contributed by atoms with Gasteiger partial charge >= 0.3 is 5.97 Å². The van der Waals surface area contributed by atoms with Crippen LogP contribution in [0.4, 0.5) is 0 Å². The largest absolute Gasteiger partial charge is 0.464 e. The molecule has 0 bridgehead atoms. The van der Waals surface area contributed by atoms with Crippen molar-refractivity contribution >= 4 is 11.9 Å². The summed E-state index contributed by atoms with van der Waals surface area (Å²) in [4.78, 5) is 29.4. The number of likely N-dealkylation sites (N-methyl/N-ethyl adjacent to an activating group) is 1. The van der Waals surface area contributed by atoms with Gasteiger partial charge in [-0.15, -0.1) is 0 Å². The number of aliphatic hydroxyl groups is 1. The second kappa shape index (κ2) is 7.60. The van der Waals surface area contributed by atoms with Gasteiger partial charge in [-0.2, -0.15) is 0 Å². The second-order valence-electron chi connectivity index (χ2n) is 6.47. The van der Waals surface area contributed by atoms with Crippen LogP contribution in [0.1, 0.15) is 33.6 Å². The lowest BCUT2D eigenvalue weighted by Gasteiger charge is -2.13. The first-order valence-corrected chi connectivity index (χ1v) is 8.55. The molecule has 2 aromatic rings. The zero-order valence-corrected chi connectivity index (χ0v) is 15.2. The number of amides is 1. The van der Waals surface area contributed by atoms with E-state index in [2.05, 4.69) is 16.8 Å². The number of nitrogens with zero attached hydrogens (tertiary/aromatic N) is 2. The van der Waals surface area contributed by atoms with E-state index in [-0.39, 0.29) is 11.6 Å². The van der Waals surface area contributed by atoms with Crippen molar-refractivity contribution in [1.82, 2.24) is 9.88 Å². The third-order valence-electron chi connectivity index (χ3n) is 4.51. The Bertz CT molecular complexity index is 944. The molecule has 6 heteroatoms. The third kappa shape index (κ3) is 3.99. The number of hydrogen-bond acceptors (Lipinski definition) is 5. The number of aromatic nitrogens is 1. The van der Waals surface area contributed by atoms with Crippen LogP contribution >= 0.6 is 0 Å². The number of likely N-dealkylation sites (tertiary alicyclic amines) is 1. The summed E-state index contributed by atoms with van der Waals surface area (Å²) in [7, 11) is 2.97. The first-order chi connectivity index (χ1) is 12.9. The molecule has 1 aliphatic heterocycles. The molecule has 3 rings (SSSR count). The molecule has 0 radical (unpaired) electrons. The lowest BCUT2D eigenvalue weighted by Crippen LogP contribution is -2.37. The molecule has 2 heterocycles. The maximum Gasteiger partial charge on any atom is 0.356 e. The third-order valence-corrected chi connectivity index (χ3v) is 4.51. The molecule has 27 heavy (non-hydrogen) atoms. The van der Waals surface area contributed by atoms with Crippen molar-refractivity contribution in [2.75, 3.05) is 20.7 Å². The van der Waals surface area contributed by atoms with E-state index < -0.39 is 11.6 Å². The van der Waals surface area contributed by atoms with Gasteiger partial charge in [-0.1, -0.05) is 30.0 Å². The molecule has 1 saturated heterocycles. The van der Waals surface area contributed by atoms with E-state index in [1.165, 1.54) is 12.0 Å². The Labute approximate surface area is 157 Å². The van der Waals surface area contributed by atoms with Gasteiger partial charge in [-0.05, 0) is 35.7 Å². The Balaban J connectivity index is 1.83. The molecule has 1 fully saturated rings. The van der Waals surface area contributed by atoms with Gasteiger partial charge < -0.3 is 14.7 Å². The summed E-state index contributed by atoms with van der Waals surface area (Å²) >= 11 is 0. The van der Waals surface area contributed by atoms with E-state index in [1.807, 2.05) is 30.3 Å². The van der Waals surface area contributed by atoms with Gasteiger partial charge in [0.05, 0.1) is 7.11 Å². The molecule has 0 unspecified atom stereocenters. The van der Waals surface area contributed by atoms with Crippen LogP contribution in [0.2, 0.25) is 0 Å². The van der Waals surface area contributed by atoms with E-state index in [0.717, 1.165) is 11.1 Å². The summed E-state index contributed by atoms with van der Waals surface area (Å²) in [5, 5.41) is 10.4. The lowest BCUT2D eigenvalue weighted by atomic mass is 10.00. The van der Waals surface area contributed by atoms with Crippen LogP contribution in [0.5, 0.6) is 0 Å². The molecule has 1 amide bonds. The number of rotatable bonds is 3. The first-order valence-electron chi connectivity index (χ1n) is 8.55. The SMILES string of the molecule is COC(=O)c1ncccc1Cc1cccc(C#C[C@]2(O)CCN(C)C2=O)c1. The monoisotopic (exact) mass is 364 g/mol. The molecule has 1 aliphatic rings. The maximum atomic E-state index is 12.0. The van der Waals surface area contributed by atoms with Crippen LogP contribution in [0.15, 0.2) is 42.6 Å². The second-order valence-corrected chi connectivity index (χ2v) is 6.47. The minimum Gasteiger partial charge on any atom is -0.464 e. The van der Waals surface area contributed by atoms with Gasteiger partial charge in [0.2, 0.25) is 5.60 Å². The Kier molecular flexibility index (Phi) is 5.24. The summed E-state index contributed by atoms with van der Waals surface area (Å²) in [6.07, 6.45) is 2.33. The molecular weight excluding hydrogens is 344 g/mol. The van der Waals surface area contributed by atoms with Crippen molar-refractivity contribution in [1.29, 1.82) is 0 Å². The molecule has 0 aliphatic carbocycles. The average Bonchev–Trinajstić information content (AvgIpc) is 2.94. The fourth-order valence-corrected chi connectivity index (χ4v) is 2.99. The number of carbonyl (C=O) groups excluding carboxylic acids is 2. The molecule has 0 spiro atoms. The predicted octanol–water partition coefficient (Wildman–Crippen LogP) is 1.40. The summed E-state index contributed by atoms with van der Waals surface area (Å²) in [6, 6.07) is 11.0. The minimum absolute atomic E-state index is 0.283. The fraction of sp³-hybridized carbons (Fsp3) is 0.286. The minimum atomic E-state index is -1.62. The van der Waals surface area contributed by atoms with E-state index in [4.69, 9.17) is 4.74 Å². The fourth-order valence-electron chi connectivity index (χ4n) is 2.99. The van der Waals surface area contributed by atoms with E-state index >= 15 is 0 Å². The first kappa shape index (κ1) is 18.6. The molecule has 1 atom stereocenters. The predicted molar refractivity (Wildman–Crippen MR) is 98.9 cm³/mol. The van der Waals surface area contributed by atoms with Gasteiger partial charge in [0.1, 0.15) is 0 Å². The Morgan fingerprint density at radius 2 is 2.19 bits per heavy atom. The van der Waals surface area contributed by atoms with Crippen LogP contribution in [0.3, 0.4) is 0 Å². The Morgan fingerprint density at radius 3 is 2.89 bits per heavy atom. The number of benzene rings is 1. The number of ether oxygens (including phenoxy) is 1. The van der Waals surface area contributed by atoms with Gasteiger partial charge in [0.15, 0.2) is 5.69 Å². The highest BCUT2D eigenvalue weighted by molar-refractivity contribution is 5.90. The van der Waals surface area contributed by atoms with Crippen molar-refractivity contribution in [2.24, 2.45) is 0 Å². The number of methoxy groups -OCH3 is 1. The molecule has 6 nitrogen and oxygen atoms in total. The standard InChI is InChI=1S/C21H20N2O4/c1-23-12-10-21(26,20(23)25)9-8-15-5-3-6-16(13-15)14-17-7-4-11-22-18(17)19(24)27-2/h3-7,11,13,26H,10,12,14H2,1-2H3/t21-/m0/s1. The Morgan fingerprint density at radius 1 is 1.37 bits per heavy atom. The average molecular weight is 364 g/mol. The van der Waals surface area contributed by atoms with Crippen LogP contribution in [0.25, 0.3) is 0 Å². The van der Waals surface area contributed by atoms with Crippen LogP contribution in [-0.2, 0) is 16.0 Å². The van der Waals surface area contributed by atoms with Crippen LogP contribution in [-0.4, -0.2) is 53.2 Å². The van der Waals surface area contributed by atoms with Crippen LogP contribution < -0.4 is 0 Å². The number of pyridine rings is 1. The highest BCUT2D eigenvalue weighted by Crippen LogP contribution is 2.21. The van der Waals surface area contributed by atoms with Gasteiger partial charge in [-0.3, -0.25) is 4.79 Å². The highest BCUT2D eigenvalue weighted by atomic mass is 16.5. The maximum absolute atomic E-state index is 12.0. The molecule has 1 N–H and O–H groups in total. The lowest BCUT2D eigenvalue weighted by molar-refractivity contribution is -0.137. The molecule has 1 aromatic heterocycles. The molecule has 1 aromatic carbocycles. The number of esters is 1. The van der Waals surface area contributed by atoms with E-state index in [1.54, 1.807) is 19.3 Å². The topological polar surface area (TPSA) is 79.7 Å². The normalized spacial score (nSPS) is 18.8. The van der Waals surface area contributed by atoms with Crippen molar-refractivity contribution in [3.8, 4) is 11.8 Å². The molecule has 0 saturated carbocycles. The highest BCUT2D eigenvalue weighted by Gasteiger charge is 2.42. The van der Waals surface area contributed by atoms with Crippen molar-refractivity contribution in [3.63, 3.8) is 0 Å². The summed E-state index contributed by atoms with van der Waals surface area (Å²) < 4.78 is 4.78.